The molecule has 2 N–H and O–H groups in total. The van der Waals surface area contributed by atoms with Crippen LogP contribution in [0.3, 0.4) is 0 Å². The van der Waals surface area contributed by atoms with E-state index >= 15 is 0 Å². The Balaban J connectivity index is 2.29. The molecule has 1 aliphatic heterocycles. The van der Waals surface area contributed by atoms with E-state index in [1.54, 1.807) is 0 Å². The van der Waals surface area contributed by atoms with Gasteiger partial charge in [-0.15, -0.1) is 0 Å². The molecule has 1 fully saturated rings. The number of carboxylic acids is 1. The fraction of sp³-hybridized carbons (Fsp3) is 0.778. The third kappa shape index (κ3) is 3.33. The van der Waals surface area contributed by atoms with Crippen molar-refractivity contribution in [2.45, 2.75) is 31.7 Å². The maximum atomic E-state index is 11.3. The Morgan fingerprint density at radius 1 is 1.50 bits per heavy atom. The van der Waals surface area contributed by atoms with Gasteiger partial charge in [0.15, 0.2) is 0 Å². The molecular formula is C9H15NO4. The van der Waals surface area contributed by atoms with Gasteiger partial charge in [-0.25, -0.2) is 0 Å². The molecule has 1 heterocycles. The van der Waals surface area contributed by atoms with Gasteiger partial charge in [0.2, 0.25) is 5.91 Å². The van der Waals surface area contributed by atoms with Crippen LogP contribution >= 0.6 is 0 Å². The number of carbonyl (C=O) groups excluding carboxylic acids is 1. The first kappa shape index (κ1) is 11.0. The van der Waals surface area contributed by atoms with E-state index in [4.69, 9.17) is 9.84 Å². The molecule has 0 aromatic rings. The molecule has 0 spiro atoms. The maximum absolute atomic E-state index is 11.3. The van der Waals surface area contributed by atoms with E-state index in [9.17, 15) is 9.59 Å². The Morgan fingerprint density at radius 3 is 2.71 bits per heavy atom. The van der Waals surface area contributed by atoms with Crippen molar-refractivity contribution < 1.29 is 19.4 Å². The van der Waals surface area contributed by atoms with Crippen LogP contribution in [-0.4, -0.2) is 35.7 Å². The highest BCUT2D eigenvalue weighted by atomic mass is 16.5. The molecule has 5 nitrogen and oxygen atoms in total. The topological polar surface area (TPSA) is 75.6 Å². The number of amides is 1. The molecule has 0 radical (unpaired) electrons. The molecule has 1 unspecified atom stereocenters. The highest BCUT2D eigenvalue weighted by Gasteiger charge is 2.30. The number of aliphatic carboxylic acids is 1. The van der Waals surface area contributed by atoms with Crippen LogP contribution in [0.4, 0.5) is 0 Å². The molecule has 1 saturated heterocycles. The summed E-state index contributed by atoms with van der Waals surface area (Å²) < 4.78 is 5.16. The van der Waals surface area contributed by atoms with Crippen molar-refractivity contribution in [1.29, 1.82) is 0 Å². The number of nitrogens with one attached hydrogen (secondary N) is 1. The molecule has 1 aliphatic rings. The van der Waals surface area contributed by atoms with Crippen LogP contribution in [0, 0.1) is 0 Å². The minimum atomic E-state index is -0.951. The molecule has 1 amide bonds. The second kappa shape index (κ2) is 4.41. The lowest BCUT2D eigenvalue weighted by Gasteiger charge is -2.23. The number of carbonyl (C=O) groups is 2. The summed E-state index contributed by atoms with van der Waals surface area (Å²) in [6.45, 7) is 3.06. The van der Waals surface area contributed by atoms with E-state index in [0.29, 0.717) is 13.2 Å². The van der Waals surface area contributed by atoms with Crippen LogP contribution in [0.15, 0.2) is 0 Å². The predicted molar refractivity (Wildman–Crippen MR) is 48.9 cm³/mol. The summed E-state index contributed by atoms with van der Waals surface area (Å²) in [5, 5.41) is 11.2. The van der Waals surface area contributed by atoms with Crippen LogP contribution in [0.25, 0.3) is 0 Å². The molecule has 0 bridgehead atoms. The first-order chi connectivity index (χ1) is 6.52. The van der Waals surface area contributed by atoms with Gasteiger partial charge in [0.25, 0.3) is 0 Å². The summed E-state index contributed by atoms with van der Waals surface area (Å²) in [4.78, 5) is 21.5. The smallest absolute Gasteiger partial charge is 0.303 e. The van der Waals surface area contributed by atoms with Crippen molar-refractivity contribution in [3.05, 3.63) is 0 Å². The monoisotopic (exact) mass is 201 g/mol. The summed E-state index contributed by atoms with van der Waals surface area (Å²) >= 11 is 0. The Kier molecular flexibility index (Phi) is 3.46. The Labute approximate surface area is 82.4 Å². The molecule has 0 saturated carbocycles. The highest BCUT2D eigenvalue weighted by molar-refractivity contribution is 5.81. The third-order valence-corrected chi connectivity index (χ3v) is 2.23. The van der Waals surface area contributed by atoms with Gasteiger partial charge in [-0.05, 0) is 13.3 Å². The number of rotatable bonds is 4. The average Bonchev–Trinajstić information content (AvgIpc) is 2.48. The van der Waals surface area contributed by atoms with Crippen molar-refractivity contribution in [2.75, 3.05) is 13.2 Å². The van der Waals surface area contributed by atoms with Gasteiger partial charge in [-0.1, -0.05) is 0 Å². The summed E-state index contributed by atoms with van der Waals surface area (Å²) in [5.41, 5.74) is -0.310. The quantitative estimate of drug-likeness (QED) is 0.678. The van der Waals surface area contributed by atoms with Gasteiger partial charge in [-0.2, -0.15) is 0 Å². The van der Waals surface area contributed by atoms with Gasteiger partial charge >= 0.3 is 5.97 Å². The summed E-state index contributed by atoms with van der Waals surface area (Å²) in [7, 11) is 0. The maximum Gasteiger partial charge on any atom is 0.303 e. The number of carboxylic acid groups (broad SMARTS) is 1. The molecule has 0 aliphatic carbocycles. The highest BCUT2D eigenvalue weighted by Crippen LogP contribution is 2.17. The third-order valence-electron chi connectivity index (χ3n) is 2.23. The zero-order chi connectivity index (χ0) is 10.6. The lowest BCUT2D eigenvalue weighted by Crippen LogP contribution is -2.46. The minimum absolute atomic E-state index is 0.0327. The fourth-order valence-corrected chi connectivity index (χ4v) is 1.39. The minimum Gasteiger partial charge on any atom is -0.481 e. The van der Waals surface area contributed by atoms with E-state index in [1.165, 1.54) is 0 Å². The number of hydrogen-bond donors (Lipinski definition) is 2. The standard InChI is InChI=1S/C9H15NO4/c1-9(4-5-14-6-9)10-7(11)2-3-8(12)13/h2-6H2,1H3,(H,10,11)(H,12,13). The second-order valence-corrected chi connectivity index (χ2v) is 3.81. The Bertz CT molecular complexity index is 233. The van der Waals surface area contributed by atoms with Crippen LogP contribution in [-0.2, 0) is 14.3 Å². The van der Waals surface area contributed by atoms with Crippen LogP contribution in [0.1, 0.15) is 26.2 Å². The van der Waals surface area contributed by atoms with E-state index in [1.807, 2.05) is 6.92 Å². The summed E-state index contributed by atoms with van der Waals surface area (Å²) in [5.74, 6) is -1.17. The van der Waals surface area contributed by atoms with E-state index in [2.05, 4.69) is 5.32 Å². The first-order valence-corrected chi connectivity index (χ1v) is 4.62. The van der Waals surface area contributed by atoms with Crippen LogP contribution < -0.4 is 5.32 Å². The first-order valence-electron chi connectivity index (χ1n) is 4.62. The normalized spacial score (nSPS) is 26.1. The molecular weight excluding hydrogens is 186 g/mol. The van der Waals surface area contributed by atoms with Crippen molar-refractivity contribution in [3.63, 3.8) is 0 Å². The van der Waals surface area contributed by atoms with Gasteiger partial charge in [0.05, 0.1) is 18.6 Å². The van der Waals surface area contributed by atoms with Gasteiger partial charge < -0.3 is 15.2 Å². The Morgan fingerprint density at radius 2 is 2.21 bits per heavy atom. The van der Waals surface area contributed by atoms with Gasteiger partial charge in [0.1, 0.15) is 0 Å². The van der Waals surface area contributed by atoms with E-state index in [0.717, 1.165) is 6.42 Å². The predicted octanol–water partition coefficient (Wildman–Crippen LogP) is 0.146. The zero-order valence-electron chi connectivity index (χ0n) is 8.21. The molecule has 0 aromatic carbocycles. The average molecular weight is 201 g/mol. The van der Waals surface area contributed by atoms with Crippen molar-refractivity contribution in [1.82, 2.24) is 5.32 Å². The molecule has 1 rings (SSSR count). The van der Waals surface area contributed by atoms with E-state index < -0.39 is 5.97 Å². The lowest BCUT2D eigenvalue weighted by atomic mass is 10.0. The zero-order valence-corrected chi connectivity index (χ0v) is 8.21. The van der Waals surface area contributed by atoms with Crippen LogP contribution in [0.5, 0.6) is 0 Å². The second-order valence-electron chi connectivity index (χ2n) is 3.81. The SMILES string of the molecule is CC1(NC(=O)CCC(=O)O)CCOC1. The van der Waals surface area contributed by atoms with Crippen molar-refractivity contribution in [2.24, 2.45) is 0 Å². The number of ether oxygens (including phenoxy) is 1. The summed E-state index contributed by atoms with van der Waals surface area (Å²) in [6.07, 6.45) is 0.694. The van der Waals surface area contributed by atoms with Crippen molar-refractivity contribution >= 4 is 11.9 Å². The van der Waals surface area contributed by atoms with Gasteiger partial charge in [0, 0.05) is 13.0 Å². The summed E-state index contributed by atoms with van der Waals surface area (Å²) in [6, 6.07) is 0. The van der Waals surface area contributed by atoms with E-state index in [-0.39, 0.29) is 24.3 Å². The molecule has 1 atom stereocenters. The molecule has 14 heavy (non-hydrogen) atoms. The molecule has 80 valence electrons. The number of hydrogen-bond acceptors (Lipinski definition) is 3. The largest absolute Gasteiger partial charge is 0.481 e. The Hall–Kier alpha value is -1.10. The van der Waals surface area contributed by atoms with Crippen LogP contribution in [0.2, 0.25) is 0 Å². The lowest BCUT2D eigenvalue weighted by molar-refractivity contribution is -0.139. The fourth-order valence-electron chi connectivity index (χ4n) is 1.39. The molecule has 5 heteroatoms. The molecule has 0 aromatic heterocycles. The van der Waals surface area contributed by atoms with Crippen molar-refractivity contribution in [3.8, 4) is 0 Å². The van der Waals surface area contributed by atoms with Gasteiger partial charge in [-0.3, -0.25) is 9.59 Å².